The number of aromatic nitrogens is 2. The number of halogens is 1. The molecule has 0 saturated carbocycles. The van der Waals surface area contributed by atoms with E-state index < -0.39 is 29.9 Å². The van der Waals surface area contributed by atoms with Crippen LogP contribution in [0.1, 0.15) is 43.3 Å². The SMILES string of the molecule is CC[C@H](C)[C@@H](NC(=O)N1CCc2[nH]cnc2[C@H]1c1ccc(OC)cc1F)C(=O)OC. The Labute approximate surface area is 174 Å². The molecule has 8 nitrogen and oxygen atoms in total. The van der Waals surface area contributed by atoms with Crippen LogP contribution < -0.4 is 10.1 Å². The van der Waals surface area contributed by atoms with E-state index in [9.17, 15) is 14.0 Å². The van der Waals surface area contributed by atoms with Gasteiger partial charge in [0.1, 0.15) is 23.7 Å². The summed E-state index contributed by atoms with van der Waals surface area (Å²) < 4.78 is 24.9. The first-order chi connectivity index (χ1) is 14.4. The van der Waals surface area contributed by atoms with E-state index in [4.69, 9.17) is 9.47 Å². The molecule has 0 radical (unpaired) electrons. The second-order valence-electron chi connectivity index (χ2n) is 7.34. The maximum absolute atomic E-state index is 14.9. The second-order valence-corrected chi connectivity index (χ2v) is 7.34. The first-order valence-electron chi connectivity index (χ1n) is 9.91. The van der Waals surface area contributed by atoms with Crippen LogP contribution in [0.4, 0.5) is 9.18 Å². The van der Waals surface area contributed by atoms with Gasteiger partial charge in [0.2, 0.25) is 0 Å². The van der Waals surface area contributed by atoms with Crippen LogP contribution in [0.3, 0.4) is 0 Å². The number of nitrogens with zero attached hydrogens (tertiary/aromatic N) is 2. The highest BCUT2D eigenvalue weighted by Gasteiger charge is 2.38. The van der Waals surface area contributed by atoms with E-state index in [1.54, 1.807) is 12.1 Å². The lowest BCUT2D eigenvalue weighted by Gasteiger charge is -2.36. The first-order valence-corrected chi connectivity index (χ1v) is 9.91. The average molecular weight is 418 g/mol. The van der Waals surface area contributed by atoms with Gasteiger partial charge in [0.15, 0.2) is 0 Å². The normalized spacial score (nSPS) is 17.6. The number of amides is 2. The minimum atomic E-state index is -0.797. The summed E-state index contributed by atoms with van der Waals surface area (Å²) in [7, 11) is 2.75. The van der Waals surface area contributed by atoms with Gasteiger partial charge in [-0.3, -0.25) is 0 Å². The Morgan fingerprint density at radius 1 is 1.40 bits per heavy atom. The van der Waals surface area contributed by atoms with Gasteiger partial charge in [-0.1, -0.05) is 20.3 Å². The molecule has 9 heteroatoms. The fraction of sp³-hybridized carbons (Fsp3) is 0.476. The molecule has 0 unspecified atom stereocenters. The van der Waals surface area contributed by atoms with Gasteiger partial charge in [-0.15, -0.1) is 0 Å². The molecule has 3 atom stereocenters. The lowest BCUT2D eigenvalue weighted by Crippen LogP contribution is -2.53. The van der Waals surface area contributed by atoms with E-state index in [-0.39, 0.29) is 5.92 Å². The Morgan fingerprint density at radius 2 is 2.17 bits per heavy atom. The number of aromatic amines is 1. The van der Waals surface area contributed by atoms with Crippen molar-refractivity contribution in [1.82, 2.24) is 20.2 Å². The van der Waals surface area contributed by atoms with Crippen LogP contribution in [0.5, 0.6) is 5.75 Å². The van der Waals surface area contributed by atoms with Crippen LogP contribution >= 0.6 is 0 Å². The summed E-state index contributed by atoms with van der Waals surface area (Å²) in [4.78, 5) is 34.4. The number of carbonyl (C=O) groups is 2. The maximum Gasteiger partial charge on any atom is 0.328 e. The summed E-state index contributed by atoms with van der Waals surface area (Å²) >= 11 is 0. The predicted molar refractivity (Wildman–Crippen MR) is 108 cm³/mol. The van der Waals surface area contributed by atoms with E-state index >= 15 is 0 Å². The van der Waals surface area contributed by atoms with Gasteiger partial charge < -0.3 is 24.7 Å². The highest BCUT2D eigenvalue weighted by molar-refractivity contribution is 5.84. The Kier molecular flexibility index (Phi) is 6.59. The molecule has 1 aliphatic rings. The van der Waals surface area contributed by atoms with Crippen molar-refractivity contribution in [2.24, 2.45) is 5.92 Å². The van der Waals surface area contributed by atoms with Crippen molar-refractivity contribution in [3.63, 3.8) is 0 Å². The average Bonchev–Trinajstić information content (AvgIpc) is 3.24. The summed E-state index contributed by atoms with van der Waals surface area (Å²) in [5.41, 5.74) is 1.74. The third kappa shape index (κ3) is 4.10. The van der Waals surface area contributed by atoms with Crippen LogP contribution in [-0.4, -0.2) is 53.7 Å². The maximum atomic E-state index is 14.9. The van der Waals surface area contributed by atoms with E-state index in [0.717, 1.165) is 5.69 Å². The van der Waals surface area contributed by atoms with Crippen molar-refractivity contribution in [3.8, 4) is 5.75 Å². The van der Waals surface area contributed by atoms with E-state index in [0.29, 0.717) is 36.4 Å². The quantitative estimate of drug-likeness (QED) is 0.704. The largest absolute Gasteiger partial charge is 0.497 e. The smallest absolute Gasteiger partial charge is 0.328 e. The standard InChI is InChI=1S/C21H27FN4O4/c1-5-12(2)17(20(27)30-4)25-21(28)26-9-8-16-18(24-11-23-16)19(26)14-7-6-13(29-3)10-15(14)22/h6-7,10-12,17,19H,5,8-9H2,1-4H3,(H,23,24)(H,25,28)/t12-,17+,19+/m0/s1. The monoisotopic (exact) mass is 418 g/mol. The highest BCUT2D eigenvalue weighted by Crippen LogP contribution is 2.35. The lowest BCUT2D eigenvalue weighted by molar-refractivity contribution is -0.144. The minimum absolute atomic E-state index is 0.122. The number of carbonyl (C=O) groups excluding carboxylic acids is 2. The number of urea groups is 1. The van der Waals surface area contributed by atoms with Gasteiger partial charge >= 0.3 is 12.0 Å². The minimum Gasteiger partial charge on any atom is -0.497 e. The van der Waals surface area contributed by atoms with E-state index in [2.05, 4.69) is 15.3 Å². The summed E-state index contributed by atoms with van der Waals surface area (Å²) in [6.07, 6.45) is 2.76. The van der Waals surface area contributed by atoms with E-state index in [1.165, 1.54) is 31.5 Å². The topological polar surface area (TPSA) is 96.5 Å². The number of fused-ring (bicyclic) bond motifs is 1. The van der Waals surface area contributed by atoms with Crippen molar-refractivity contribution in [3.05, 3.63) is 47.3 Å². The molecule has 0 spiro atoms. The van der Waals surface area contributed by atoms with Gasteiger partial charge in [0, 0.05) is 30.3 Å². The molecule has 0 bridgehead atoms. The molecule has 2 N–H and O–H groups in total. The molecule has 3 rings (SSSR count). The molecule has 2 amide bonds. The van der Waals surface area contributed by atoms with Gasteiger partial charge in [-0.2, -0.15) is 0 Å². The zero-order valence-electron chi connectivity index (χ0n) is 17.6. The summed E-state index contributed by atoms with van der Waals surface area (Å²) in [6, 6.07) is 2.51. The number of rotatable bonds is 6. The van der Waals surface area contributed by atoms with Crippen molar-refractivity contribution in [2.45, 2.75) is 38.8 Å². The molecule has 0 aliphatic carbocycles. The van der Waals surface area contributed by atoms with E-state index in [1.807, 2.05) is 13.8 Å². The second kappa shape index (κ2) is 9.15. The summed E-state index contributed by atoms with van der Waals surface area (Å²) in [5, 5.41) is 2.78. The molecule has 162 valence electrons. The fourth-order valence-electron chi connectivity index (χ4n) is 3.68. The first kappa shape index (κ1) is 21.6. The molecule has 1 aliphatic heterocycles. The van der Waals surface area contributed by atoms with Crippen LogP contribution in [0.25, 0.3) is 0 Å². The van der Waals surface area contributed by atoms with Crippen LogP contribution in [0, 0.1) is 11.7 Å². The van der Waals surface area contributed by atoms with Gasteiger partial charge in [0.25, 0.3) is 0 Å². The highest BCUT2D eigenvalue weighted by atomic mass is 19.1. The molecule has 0 fully saturated rings. The number of imidazole rings is 1. The third-order valence-corrected chi connectivity index (χ3v) is 5.64. The van der Waals surface area contributed by atoms with Gasteiger partial charge in [0.05, 0.1) is 26.2 Å². The molecular weight excluding hydrogens is 391 g/mol. The molecule has 2 heterocycles. The Hall–Kier alpha value is -3.10. The van der Waals surface area contributed by atoms with Crippen LogP contribution in [-0.2, 0) is 16.0 Å². The summed E-state index contributed by atoms with van der Waals surface area (Å²) in [5.74, 6) is -0.752. The molecule has 30 heavy (non-hydrogen) atoms. The van der Waals surface area contributed by atoms with Crippen molar-refractivity contribution in [2.75, 3.05) is 20.8 Å². The van der Waals surface area contributed by atoms with Crippen LogP contribution in [0.15, 0.2) is 24.5 Å². The van der Waals surface area contributed by atoms with Gasteiger partial charge in [-0.25, -0.2) is 19.0 Å². The fourth-order valence-corrected chi connectivity index (χ4v) is 3.68. The van der Waals surface area contributed by atoms with Crippen LogP contribution in [0.2, 0.25) is 0 Å². The number of hydrogen-bond donors (Lipinski definition) is 2. The summed E-state index contributed by atoms with van der Waals surface area (Å²) in [6.45, 7) is 4.13. The zero-order chi connectivity index (χ0) is 21.8. The number of hydrogen-bond acceptors (Lipinski definition) is 5. The lowest BCUT2D eigenvalue weighted by atomic mass is 9.95. The Bertz CT molecular complexity index is 916. The molecule has 1 aromatic carbocycles. The Morgan fingerprint density at radius 3 is 2.80 bits per heavy atom. The zero-order valence-corrected chi connectivity index (χ0v) is 17.6. The van der Waals surface area contributed by atoms with Crippen molar-refractivity contribution < 1.29 is 23.5 Å². The number of esters is 1. The molecular formula is C21H27FN4O4. The van der Waals surface area contributed by atoms with Gasteiger partial charge in [-0.05, 0) is 18.1 Å². The number of H-pyrrole nitrogens is 1. The van der Waals surface area contributed by atoms with Crippen molar-refractivity contribution in [1.29, 1.82) is 0 Å². The predicted octanol–water partition coefficient (Wildman–Crippen LogP) is 2.80. The Balaban J connectivity index is 1.96. The third-order valence-electron chi connectivity index (χ3n) is 5.64. The molecule has 0 saturated heterocycles. The molecule has 2 aromatic rings. The number of benzene rings is 1. The number of ether oxygens (including phenoxy) is 2. The molecule has 1 aromatic heterocycles. The van der Waals surface area contributed by atoms with Crippen molar-refractivity contribution >= 4 is 12.0 Å². The number of methoxy groups -OCH3 is 2. The number of nitrogens with one attached hydrogen (secondary N) is 2.